The molecule has 122 valence electrons. The second-order valence-electron chi connectivity index (χ2n) is 5.95. The first-order chi connectivity index (χ1) is 10.2. The van der Waals surface area contributed by atoms with Crippen LogP contribution in [0.3, 0.4) is 0 Å². The highest BCUT2D eigenvalue weighted by Crippen LogP contribution is 2.26. The minimum atomic E-state index is -0.801. The molecule has 0 aromatic heterocycles. The Morgan fingerprint density at radius 3 is 2.45 bits per heavy atom. The molecule has 0 saturated heterocycles. The summed E-state index contributed by atoms with van der Waals surface area (Å²) in [4.78, 5) is 22.9. The lowest BCUT2D eigenvalue weighted by Gasteiger charge is -2.20. The zero-order chi connectivity index (χ0) is 16.8. The van der Waals surface area contributed by atoms with Crippen molar-refractivity contribution in [2.24, 2.45) is 0 Å². The summed E-state index contributed by atoms with van der Waals surface area (Å²) < 4.78 is 15.1. The molecule has 1 aromatic rings. The van der Waals surface area contributed by atoms with E-state index in [4.69, 9.17) is 9.47 Å². The monoisotopic (exact) mass is 308 g/mol. The van der Waals surface area contributed by atoms with Gasteiger partial charge in [-0.3, -0.25) is 0 Å². The first-order valence-corrected chi connectivity index (χ1v) is 7.33. The van der Waals surface area contributed by atoms with Crippen molar-refractivity contribution in [1.82, 2.24) is 0 Å². The molecule has 0 heterocycles. The maximum Gasteiger partial charge on any atom is 0.347 e. The third-order valence-electron chi connectivity index (χ3n) is 2.98. The van der Waals surface area contributed by atoms with Crippen molar-refractivity contribution in [3.05, 3.63) is 29.8 Å². The number of carbonyl (C=O) groups excluding carboxylic acids is 2. The molecular weight excluding hydrogens is 284 g/mol. The first-order valence-electron chi connectivity index (χ1n) is 7.33. The Morgan fingerprint density at radius 2 is 1.86 bits per heavy atom. The Kier molecular flexibility index (Phi) is 6.40. The zero-order valence-corrected chi connectivity index (χ0v) is 13.8. The van der Waals surface area contributed by atoms with Crippen molar-refractivity contribution < 1.29 is 23.8 Å². The first kappa shape index (κ1) is 18.0. The highest BCUT2D eigenvalue weighted by Gasteiger charge is 2.19. The van der Waals surface area contributed by atoms with Gasteiger partial charge in [-0.1, -0.05) is 32.9 Å². The van der Waals surface area contributed by atoms with Crippen LogP contribution in [-0.2, 0) is 24.5 Å². The van der Waals surface area contributed by atoms with Gasteiger partial charge in [-0.15, -0.1) is 0 Å². The largest absolute Gasteiger partial charge is 0.479 e. The zero-order valence-electron chi connectivity index (χ0n) is 13.8. The lowest BCUT2D eigenvalue weighted by atomic mass is 9.87. The maximum atomic E-state index is 11.8. The fraction of sp³-hybridized carbons (Fsp3) is 0.529. The van der Waals surface area contributed by atoms with Gasteiger partial charge in [0.2, 0.25) is 0 Å². The molecule has 5 nitrogen and oxygen atoms in total. The molecule has 0 N–H and O–H groups in total. The van der Waals surface area contributed by atoms with Gasteiger partial charge in [0.25, 0.3) is 0 Å². The lowest BCUT2D eigenvalue weighted by Crippen LogP contribution is -2.28. The normalized spacial score (nSPS) is 12.4. The van der Waals surface area contributed by atoms with Gasteiger partial charge < -0.3 is 14.2 Å². The van der Waals surface area contributed by atoms with Crippen LogP contribution in [0, 0.1) is 0 Å². The average Bonchev–Trinajstić information content (AvgIpc) is 2.44. The molecule has 5 heteroatoms. The van der Waals surface area contributed by atoms with Crippen LogP contribution in [-0.4, -0.2) is 31.3 Å². The highest BCUT2D eigenvalue weighted by molar-refractivity contribution is 5.79. The van der Waals surface area contributed by atoms with Gasteiger partial charge >= 0.3 is 11.9 Å². The SMILES string of the molecule is CCOC(=O)COC(=O)C(C)Oc1cccc(C(C)(C)C)c1. The van der Waals surface area contributed by atoms with Crippen LogP contribution < -0.4 is 4.74 Å². The van der Waals surface area contributed by atoms with Crippen LogP contribution in [0.25, 0.3) is 0 Å². The number of hydrogen-bond acceptors (Lipinski definition) is 5. The fourth-order valence-electron chi connectivity index (χ4n) is 1.74. The highest BCUT2D eigenvalue weighted by atomic mass is 16.6. The van der Waals surface area contributed by atoms with Crippen LogP contribution >= 0.6 is 0 Å². The number of ether oxygens (including phenoxy) is 3. The molecule has 0 spiro atoms. The molecule has 1 rings (SSSR count). The van der Waals surface area contributed by atoms with E-state index in [-0.39, 0.29) is 12.0 Å². The number of hydrogen-bond donors (Lipinski definition) is 0. The number of carbonyl (C=O) groups is 2. The smallest absolute Gasteiger partial charge is 0.347 e. The Hall–Kier alpha value is -2.04. The third-order valence-corrected chi connectivity index (χ3v) is 2.98. The van der Waals surface area contributed by atoms with Crippen molar-refractivity contribution in [3.8, 4) is 5.75 Å². The van der Waals surface area contributed by atoms with Gasteiger partial charge in [-0.2, -0.15) is 0 Å². The summed E-state index contributed by atoms with van der Waals surface area (Å²) in [6.45, 7) is 9.42. The van der Waals surface area contributed by atoms with Crippen molar-refractivity contribution in [1.29, 1.82) is 0 Å². The number of benzene rings is 1. The van der Waals surface area contributed by atoms with E-state index < -0.39 is 24.6 Å². The maximum absolute atomic E-state index is 11.8. The minimum absolute atomic E-state index is 0.00692. The summed E-state index contributed by atoms with van der Waals surface area (Å²) in [5, 5.41) is 0. The molecule has 0 aliphatic carbocycles. The second-order valence-corrected chi connectivity index (χ2v) is 5.95. The summed E-state index contributed by atoms with van der Waals surface area (Å²) in [5.41, 5.74) is 1.10. The van der Waals surface area contributed by atoms with Crippen LogP contribution in [0.15, 0.2) is 24.3 Å². The van der Waals surface area contributed by atoms with Gasteiger partial charge in [-0.05, 0) is 37.0 Å². The van der Waals surface area contributed by atoms with Crippen LogP contribution in [0.5, 0.6) is 5.75 Å². The predicted molar refractivity (Wildman–Crippen MR) is 82.8 cm³/mol. The van der Waals surface area contributed by atoms with Gasteiger partial charge in [-0.25, -0.2) is 9.59 Å². The molecule has 0 bridgehead atoms. The topological polar surface area (TPSA) is 61.8 Å². The summed E-state index contributed by atoms with van der Waals surface area (Å²) in [6.07, 6.45) is -0.801. The Balaban J connectivity index is 2.59. The van der Waals surface area contributed by atoms with E-state index in [2.05, 4.69) is 25.5 Å². The van der Waals surface area contributed by atoms with Crippen molar-refractivity contribution >= 4 is 11.9 Å². The summed E-state index contributed by atoms with van der Waals surface area (Å²) in [7, 11) is 0. The molecule has 0 fully saturated rings. The van der Waals surface area contributed by atoms with E-state index in [1.54, 1.807) is 19.9 Å². The van der Waals surface area contributed by atoms with E-state index >= 15 is 0 Å². The van der Waals surface area contributed by atoms with Gasteiger partial charge in [0, 0.05) is 0 Å². The molecule has 22 heavy (non-hydrogen) atoms. The Labute approximate surface area is 131 Å². The number of esters is 2. The predicted octanol–water partition coefficient (Wildman–Crippen LogP) is 2.86. The number of rotatable bonds is 6. The molecular formula is C17H24O5. The summed E-state index contributed by atoms with van der Waals surface area (Å²) in [5.74, 6) is -0.583. The second kappa shape index (κ2) is 7.82. The van der Waals surface area contributed by atoms with E-state index in [0.29, 0.717) is 5.75 Å². The molecule has 1 atom stereocenters. The minimum Gasteiger partial charge on any atom is -0.479 e. The van der Waals surface area contributed by atoms with Crippen molar-refractivity contribution in [2.45, 2.75) is 46.1 Å². The lowest BCUT2D eigenvalue weighted by molar-refractivity contribution is -0.162. The summed E-state index contributed by atoms with van der Waals surface area (Å²) >= 11 is 0. The standard InChI is InChI=1S/C17H24O5/c1-6-20-15(18)11-21-16(19)12(2)22-14-9-7-8-13(10-14)17(3,4)5/h7-10,12H,6,11H2,1-5H3. The van der Waals surface area contributed by atoms with E-state index in [1.165, 1.54) is 0 Å². The van der Waals surface area contributed by atoms with Crippen LogP contribution in [0.4, 0.5) is 0 Å². The quantitative estimate of drug-likeness (QED) is 0.756. The Bertz CT molecular complexity index is 516. The molecule has 0 aliphatic heterocycles. The van der Waals surface area contributed by atoms with Gasteiger partial charge in [0.1, 0.15) is 5.75 Å². The van der Waals surface area contributed by atoms with Gasteiger partial charge in [0.05, 0.1) is 6.61 Å². The van der Waals surface area contributed by atoms with Crippen molar-refractivity contribution in [2.75, 3.05) is 13.2 Å². The third kappa shape index (κ3) is 5.76. The Morgan fingerprint density at radius 1 is 1.18 bits per heavy atom. The van der Waals surface area contributed by atoms with E-state index in [1.807, 2.05) is 18.2 Å². The summed E-state index contributed by atoms with van der Waals surface area (Å²) in [6, 6.07) is 7.57. The molecule has 0 saturated carbocycles. The molecule has 1 aromatic carbocycles. The van der Waals surface area contributed by atoms with Crippen LogP contribution in [0.1, 0.15) is 40.2 Å². The van der Waals surface area contributed by atoms with E-state index in [0.717, 1.165) is 5.56 Å². The van der Waals surface area contributed by atoms with Crippen molar-refractivity contribution in [3.63, 3.8) is 0 Å². The van der Waals surface area contributed by atoms with E-state index in [9.17, 15) is 9.59 Å². The molecule has 1 unspecified atom stereocenters. The fourth-order valence-corrected chi connectivity index (χ4v) is 1.74. The van der Waals surface area contributed by atoms with Crippen LogP contribution in [0.2, 0.25) is 0 Å². The van der Waals surface area contributed by atoms with Gasteiger partial charge in [0.15, 0.2) is 12.7 Å². The molecule has 0 amide bonds. The molecule has 0 aliphatic rings. The average molecular weight is 308 g/mol. The molecule has 0 radical (unpaired) electrons.